The lowest BCUT2D eigenvalue weighted by Gasteiger charge is -2.27. The summed E-state index contributed by atoms with van der Waals surface area (Å²) in [6.07, 6.45) is 6.96. The summed E-state index contributed by atoms with van der Waals surface area (Å²) < 4.78 is 5.15. The van der Waals surface area contributed by atoms with Crippen LogP contribution in [0.4, 0.5) is 0 Å². The Morgan fingerprint density at radius 2 is 2.00 bits per heavy atom. The first-order valence-corrected chi connectivity index (χ1v) is 7.23. The maximum Gasteiger partial charge on any atom is 0.160 e. The molecule has 1 fully saturated rings. The predicted molar refractivity (Wildman–Crippen MR) is 77.6 cm³/mol. The highest BCUT2D eigenvalue weighted by molar-refractivity contribution is 5.41. The molecule has 0 aromatic heterocycles. The van der Waals surface area contributed by atoms with Gasteiger partial charge >= 0.3 is 0 Å². The van der Waals surface area contributed by atoms with Gasteiger partial charge in [0.15, 0.2) is 11.5 Å². The van der Waals surface area contributed by atoms with Crippen LogP contribution in [-0.2, 0) is 6.54 Å². The molecule has 106 valence electrons. The van der Waals surface area contributed by atoms with E-state index in [4.69, 9.17) is 4.74 Å². The van der Waals surface area contributed by atoms with Crippen molar-refractivity contribution in [3.05, 3.63) is 23.8 Å². The van der Waals surface area contributed by atoms with Crippen molar-refractivity contribution in [1.29, 1.82) is 0 Å². The van der Waals surface area contributed by atoms with E-state index in [-0.39, 0.29) is 5.75 Å². The molecule has 3 nitrogen and oxygen atoms in total. The largest absolute Gasteiger partial charge is 0.504 e. The first-order chi connectivity index (χ1) is 9.19. The van der Waals surface area contributed by atoms with Crippen molar-refractivity contribution < 1.29 is 9.84 Å². The quantitative estimate of drug-likeness (QED) is 0.883. The van der Waals surface area contributed by atoms with E-state index in [1.807, 2.05) is 12.1 Å². The van der Waals surface area contributed by atoms with E-state index in [0.29, 0.717) is 5.75 Å². The van der Waals surface area contributed by atoms with Crippen molar-refractivity contribution in [1.82, 2.24) is 4.90 Å². The molecule has 0 aliphatic heterocycles. The van der Waals surface area contributed by atoms with Gasteiger partial charge in [0.05, 0.1) is 7.11 Å². The highest BCUT2D eigenvalue weighted by Gasteiger charge is 2.15. The summed E-state index contributed by atoms with van der Waals surface area (Å²) in [5.41, 5.74) is 1.19. The van der Waals surface area contributed by atoms with Crippen molar-refractivity contribution in [3.63, 3.8) is 0 Å². The molecule has 1 aliphatic rings. The lowest BCUT2D eigenvalue weighted by molar-refractivity contribution is 0.228. The number of methoxy groups -OCH3 is 1. The second-order valence-electron chi connectivity index (χ2n) is 5.71. The zero-order valence-electron chi connectivity index (χ0n) is 12.1. The summed E-state index contributed by atoms with van der Waals surface area (Å²) in [7, 11) is 3.76. The molecule has 0 amide bonds. The van der Waals surface area contributed by atoms with Gasteiger partial charge in [-0.25, -0.2) is 0 Å². The predicted octanol–water partition coefficient (Wildman–Crippen LogP) is 3.41. The van der Waals surface area contributed by atoms with Crippen molar-refractivity contribution in [2.24, 2.45) is 5.92 Å². The van der Waals surface area contributed by atoms with Crippen LogP contribution in [-0.4, -0.2) is 30.7 Å². The van der Waals surface area contributed by atoms with Gasteiger partial charge in [-0.1, -0.05) is 25.3 Å². The molecule has 1 aromatic rings. The zero-order valence-corrected chi connectivity index (χ0v) is 12.1. The number of hydrogen-bond acceptors (Lipinski definition) is 3. The number of aromatic hydroxyl groups is 1. The molecule has 3 heteroatoms. The average Bonchev–Trinajstić information content (AvgIpc) is 2.42. The smallest absolute Gasteiger partial charge is 0.160 e. The number of hydrogen-bond donors (Lipinski definition) is 1. The molecule has 0 radical (unpaired) electrons. The topological polar surface area (TPSA) is 32.7 Å². The van der Waals surface area contributed by atoms with Crippen molar-refractivity contribution in [3.8, 4) is 11.5 Å². The summed E-state index contributed by atoms with van der Waals surface area (Å²) >= 11 is 0. The van der Waals surface area contributed by atoms with Crippen LogP contribution in [0.15, 0.2) is 18.2 Å². The Morgan fingerprint density at radius 1 is 1.26 bits per heavy atom. The zero-order chi connectivity index (χ0) is 13.7. The van der Waals surface area contributed by atoms with Gasteiger partial charge in [-0.15, -0.1) is 0 Å². The Bertz CT molecular complexity index is 400. The highest BCUT2D eigenvalue weighted by atomic mass is 16.5. The first-order valence-electron chi connectivity index (χ1n) is 7.23. The molecule has 0 heterocycles. The standard InChI is InChI=1S/C16H25NO2/c1-17(11-13-6-4-3-5-7-13)12-14-8-9-15(18)16(10-14)19-2/h8-10,13,18H,3-7,11-12H2,1-2H3. The number of phenols is 1. The second-order valence-corrected chi connectivity index (χ2v) is 5.71. The average molecular weight is 263 g/mol. The minimum Gasteiger partial charge on any atom is -0.504 e. The van der Waals surface area contributed by atoms with Crippen molar-refractivity contribution in [2.45, 2.75) is 38.6 Å². The van der Waals surface area contributed by atoms with Gasteiger partial charge in [-0.05, 0) is 43.5 Å². The summed E-state index contributed by atoms with van der Waals surface area (Å²) in [6.45, 7) is 2.08. The van der Waals surface area contributed by atoms with Gasteiger partial charge in [0.2, 0.25) is 0 Å². The van der Waals surface area contributed by atoms with Crippen molar-refractivity contribution in [2.75, 3.05) is 20.7 Å². The third-order valence-corrected chi connectivity index (χ3v) is 3.99. The van der Waals surface area contributed by atoms with E-state index in [9.17, 15) is 5.11 Å². The number of benzene rings is 1. The molecule has 2 rings (SSSR count). The molecular formula is C16H25NO2. The summed E-state index contributed by atoms with van der Waals surface area (Å²) in [4.78, 5) is 2.38. The molecule has 1 saturated carbocycles. The third kappa shape index (κ3) is 4.13. The maximum atomic E-state index is 9.59. The molecule has 0 unspecified atom stereocenters. The first kappa shape index (κ1) is 14.2. The molecule has 1 aliphatic carbocycles. The second kappa shape index (κ2) is 6.80. The molecule has 0 saturated heterocycles. The van der Waals surface area contributed by atoms with Crippen LogP contribution >= 0.6 is 0 Å². The fourth-order valence-corrected chi connectivity index (χ4v) is 3.01. The lowest BCUT2D eigenvalue weighted by Crippen LogP contribution is -2.26. The Kier molecular flexibility index (Phi) is 5.08. The van der Waals surface area contributed by atoms with E-state index in [1.54, 1.807) is 13.2 Å². The van der Waals surface area contributed by atoms with Crippen LogP contribution in [0.5, 0.6) is 11.5 Å². The molecule has 0 atom stereocenters. The Hall–Kier alpha value is -1.22. The van der Waals surface area contributed by atoms with Gasteiger partial charge in [0.1, 0.15) is 0 Å². The summed E-state index contributed by atoms with van der Waals surface area (Å²) in [6, 6.07) is 5.60. The minimum atomic E-state index is 0.209. The third-order valence-electron chi connectivity index (χ3n) is 3.99. The lowest BCUT2D eigenvalue weighted by atomic mass is 9.89. The maximum absolute atomic E-state index is 9.59. The van der Waals surface area contributed by atoms with Crippen LogP contribution in [0.25, 0.3) is 0 Å². The fraction of sp³-hybridized carbons (Fsp3) is 0.625. The van der Waals surface area contributed by atoms with Crippen LogP contribution < -0.4 is 4.74 Å². The molecule has 0 bridgehead atoms. The molecular weight excluding hydrogens is 238 g/mol. The van der Waals surface area contributed by atoms with Gasteiger partial charge < -0.3 is 14.7 Å². The Morgan fingerprint density at radius 3 is 2.68 bits per heavy atom. The molecule has 0 spiro atoms. The van der Waals surface area contributed by atoms with E-state index in [0.717, 1.165) is 12.5 Å². The minimum absolute atomic E-state index is 0.209. The molecule has 1 aromatic carbocycles. The van der Waals surface area contributed by atoms with E-state index >= 15 is 0 Å². The molecule has 19 heavy (non-hydrogen) atoms. The van der Waals surface area contributed by atoms with Gasteiger partial charge in [-0.2, -0.15) is 0 Å². The van der Waals surface area contributed by atoms with E-state index in [2.05, 4.69) is 11.9 Å². The van der Waals surface area contributed by atoms with Crippen LogP contribution in [0.3, 0.4) is 0 Å². The van der Waals surface area contributed by atoms with Crippen molar-refractivity contribution >= 4 is 0 Å². The van der Waals surface area contributed by atoms with Gasteiger partial charge in [0.25, 0.3) is 0 Å². The monoisotopic (exact) mass is 263 g/mol. The number of phenolic OH excluding ortho intramolecular Hbond substituents is 1. The van der Waals surface area contributed by atoms with Crippen LogP contribution in [0.1, 0.15) is 37.7 Å². The summed E-state index contributed by atoms with van der Waals surface area (Å²) in [5.74, 6) is 1.63. The molecule has 1 N–H and O–H groups in total. The normalized spacial score (nSPS) is 16.8. The van der Waals surface area contributed by atoms with Crippen LogP contribution in [0, 0.1) is 5.92 Å². The number of rotatable bonds is 5. The Balaban J connectivity index is 1.88. The fourth-order valence-electron chi connectivity index (χ4n) is 3.01. The van der Waals surface area contributed by atoms with Crippen LogP contribution in [0.2, 0.25) is 0 Å². The van der Waals surface area contributed by atoms with E-state index in [1.165, 1.54) is 44.2 Å². The highest BCUT2D eigenvalue weighted by Crippen LogP contribution is 2.28. The summed E-state index contributed by atoms with van der Waals surface area (Å²) in [5, 5.41) is 9.59. The SMILES string of the molecule is COc1cc(CN(C)CC2CCCCC2)ccc1O. The number of ether oxygens (including phenoxy) is 1. The number of nitrogens with zero attached hydrogens (tertiary/aromatic N) is 1. The van der Waals surface area contributed by atoms with Gasteiger partial charge in [-0.3, -0.25) is 0 Å². The van der Waals surface area contributed by atoms with E-state index < -0.39 is 0 Å². The van der Waals surface area contributed by atoms with Gasteiger partial charge in [0, 0.05) is 13.1 Å². The Labute approximate surface area is 116 Å².